The van der Waals surface area contributed by atoms with Crippen molar-refractivity contribution in [3.63, 3.8) is 0 Å². The van der Waals surface area contributed by atoms with Crippen LogP contribution in [0.5, 0.6) is 0 Å². The van der Waals surface area contributed by atoms with Gasteiger partial charge >= 0.3 is 0 Å². The minimum absolute atomic E-state index is 0.212. The van der Waals surface area contributed by atoms with Crippen molar-refractivity contribution < 1.29 is 18.3 Å². The highest BCUT2D eigenvalue weighted by Crippen LogP contribution is 2.31. The van der Waals surface area contributed by atoms with Gasteiger partial charge in [-0.1, -0.05) is 6.07 Å². The Morgan fingerprint density at radius 1 is 0.952 bits per heavy atom. The van der Waals surface area contributed by atoms with Crippen LogP contribution < -0.4 is 26.4 Å². The number of halogens is 2. The first-order valence-corrected chi connectivity index (χ1v) is 14.5. The molecule has 10 heteroatoms. The van der Waals surface area contributed by atoms with Crippen molar-refractivity contribution in [1.29, 1.82) is 0 Å². The van der Waals surface area contributed by atoms with Gasteiger partial charge in [0.2, 0.25) is 0 Å². The quantitative estimate of drug-likeness (QED) is 0.258. The summed E-state index contributed by atoms with van der Waals surface area (Å²) in [5, 5.41) is 6.73. The normalized spacial score (nSPS) is 16.7. The van der Waals surface area contributed by atoms with E-state index in [9.17, 15) is 13.6 Å². The largest absolute Gasteiger partial charge is 0.381 e. The fourth-order valence-corrected chi connectivity index (χ4v) is 5.48. The average Bonchev–Trinajstić information content (AvgIpc) is 3.34. The van der Waals surface area contributed by atoms with E-state index in [1.54, 1.807) is 0 Å². The van der Waals surface area contributed by atoms with E-state index in [4.69, 9.17) is 4.74 Å². The Morgan fingerprint density at radius 3 is 2.45 bits per heavy atom. The predicted molar refractivity (Wildman–Crippen MR) is 163 cm³/mol. The number of benzene rings is 3. The Labute approximate surface area is 246 Å². The van der Waals surface area contributed by atoms with Crippen LogP contribution in [0.15, 0.2) is 54.6 Å². The molecule has 1 fully saturated rings. The molecule has 1 unspecified atom stereocenters. The lowest BCUT2D eigenvalue weighted by Gasteiger charge is -2.27. The monoisotopic (exact) mass is 578 g/mol. The first kappa shape index (κ1) is 29.8. The molecule has 0 saturated carbocycles. The van der Waals surface area contributed by atoms with Gasteiger partial charge in [-0.3, -0.25) is 4.79 Å². The molecule has 224 valence electrons. The summed E-state index contributed by atoms with van der Waals surface area (Å²) in [6, 6.07) is 15.5. The Hall–Kier alpha value is -3.73. The third-order valence-electron chi connectivity index (χ3n) is 7.75. The predicted octanol–water partition coefficient (Wildman–Crippen LogP) is 4.89. The van der Waals surface area contributed by atoms with Gasteiger partial charge in [0.25, 0.3) is 5.91 Å². The third kappa shape index (κ3) is 7.56. The third-order valence-corrected chi connectivity index (χ3v) is 7.75. The number of rotatable bonds is 11. The number of carbonyl (C=O) groups is 1. The van der Waals surface area contributed by atoms with E-state index >= 15 is 0 Å². The summed E-state index contributed by atoms with van der Waals surface area (Å²) in [5.41, 5.74) is 11.8. The number of hydrogen-bond donors (Lipinski definition) is 4. The lowest BCUT2D eigenvalue weighted by molar-refractivity contribution is 0.0903. The highest BCUT2D eigenvalue weighted by Gasteiger charge is 2.26. The molecule has 2 heterocycles. The number of nitrogens with zero attached hydrogens (tertiary/aromatic N) is 2. The second kappa shape index (κ2) is 13.5. The molecule has 42 heavy (non-hydrogen) atoms. The van der Waals surface area contributed by atoms with Crippen LogP contribution in [0.1, 0.15) is 52.5 Å². The Morgan fingerprint density at radius 2 is 1.71 bits per heavy atom. The van der Waals surface area contributed by atoms with Crippen LogP contribution in [0.25, 0.3) is 0 Å². The Bertz CT molecular complexity index is 1380. The molecule has 1 atom stereocenters. The molecular formula is C32H40F2N6O2. The lowest BCUT2D eigenvalue weighted by Crippen LogP contribution is -2.37. The summed E-state index contributed by atoms with van der Waals surface area (Å²) in [6.45, 7) is 3.30. The highest BCUT2D eigenvalue weighted by molar-refractivity contribution is 6.00. The van der Waals surface area contributed by atoms with E-state index in [1.165, 1.54) is 12.1 Å². The summed E-state index contributed by atoms with van der Waals surface area (Å²) < 4.78 is 33.0. The van der Waals surface area contributed by atoms with Crippen LogP contribution in [0.3, 0.4) is 0 Å². The van der Waals surface area contributed by atoms with E-state index in [-0.39, 0.29) is 11.9 Å². The smallest absolute Gasteiger partial charge is 0.254 e. The minimum atomic E-state index is -0.601. The first-order valence-electron chi connectivity index (χ1n) is 14.5. The van der Waals surface area contributed by atoms with Crippen molar-refractivity contribution in [1.82, 2.24) is 15.6 Å². The molecule has 1 saturated heterocycles. The molecular weight excluding hydrogens is 538 g/mol. The van der Waals surface area contributed by atoms with Crippen LogP contribution >= 0.6 is 0 Å². The van der Waals surface area contributed by atoms with Gasteiger partial charge in [-0.25, -0.2) is 14.2 Å². The zero-order chi connectivity index (χ0) is 29.6. The molecule has 3 aromatic rings. The first-order chi connectivity index (χ1) is 20.2. The molecule has 5 rings (SSSR count). The summed E-state index contributed by atoms with van der Waals surface area (Å²) in [7, 11) is 6.22. The van der Waals surface area contributed by atoms with E-state index in [0.717, 1.165) is 66.6 Å². The molecule has 8 nitrogen and oxygen atoms in total. The van der Waals surface area contributed by atoms with E-state index in [2.05, 4.69) is 58.5 Å². The van der Waals surface area contributed by atoms with Crippen LogP contribution in [0, 0.1) is 11.6 Å². The molecule has 3 aromatic carbocycles. The second-order valence-electron chi connectivity index (χ2n) is 11.4. The van der Waals surface area contributed by atoms with Gasteiger partial charge in [0.05, 0.1) is 11.3 Å². The number of hydrogen-bond acceptors (Lipinski definition) is 7. The van der Waals surface area contributed by atoms with Crippen molar-refractivity contribution in [2.45, 2.75) is 37.9 Å². The standard InChI is InChI=1S/C32H40F2N6O2/c1-39(2)11-4-12-40(3)26-6-7-27(30(20-26)35-25-9-13-42-14-10-25)32(41)36-31-28-18-21(5-8-29(28)37-38-31)15-22-16-23(33)19-24(34)17-22/h5-8,16-20,25,31,35,37-38H,4,9-15H2,1-3H3,(H,36,41). The van der Waals surface area contributed by atoms with E-state index in [0.29, 0.717) is 30.8 Å². The highest BCUT2D eigenvalue weighted by atomic mass is 19.1. The zero-order valence-corrected chi connectivity index (χ0v) is 24.5. The Kier molecular flexibility index (Phi) is 9.56. The number of amides is 1. The summed E-state index contributed by atoms with van der Waals surface area (Å²) in [4.78, 5) is 18.1. The van der Waals surface area contributed by atoms with Crippen LogP contribution in [-0.4, -0.2) is 64.3 Å². The van der Waals surface area contributed by atoms with Crippen molar-refractivity contribution in [2.75, 3.05) is 63.1 Å². The number of ether oxygens (including phenoxy) is 1. The number of fused-ring (bicyclic) bond motifs is 1. The fraction of sp³-hybridized carbons (Fsp3) is 0.406. The number of hydrazine groups is 1. The molecule has 0 aromatic heterocycles. The molecule has 0 spiro atoms. The molecule has 2 aliphatic rings. The number of nitrogens with one attached hydrogen (secondary N) is 4. The maximum Gasteiger partial charge on any atom is 0.254 e. The summed E-state index contributed by atoms with van der Waals surface area (Å²) in [5.74, 6) is -1.41. The zero-order valence-electron chi connectivity index (χ0n) is 24.5. The fourth-order valence-electron chi connectivity index (χ4n) is 5.48. The SMILES string of the molecule is CN(C)CCCN(C)c1ccc(C(=O)NC2NNc3ccc(Cc4cc(F)cc(F)c4)cc32)c(NC2CCOCC2)c1. The lowest BCUT2D eigenvalue weighted by atomic mass is 10.0. The van der Waals surface area contributed by atoms with Gasteiger partial charge in [0, 0.05) is 55.9 Å². The average molecular weight is 579 g/mol. The van der Waals surface area contributed by atoms with Crippen molar-refractivity contribution in [3.05, 3.63) is 88.5 Å². The molecule has 0 radical (unpaired) electrons. The van der Waals surface area contributed by atoms with Gasteiger partial charge in [0.15, 0.2) is 0 Å². The Balaban J connectivity index is 1.33. The van der Waals surface area contributed by atoms with Crippen LogP contribution in [0.4, 0.5) is 25.8 Å². The number of carbonyl (C=O) groups excluding carboxylic acids is 1. The van der Waals surface area contributed by atoms with Crippen LogP contribution in [0.2, 0.25) is 0 Å². The number of anilines is 3. The second-order valence-corrected chi connectivity index (χ2v) is 11.4. The van der Waals surface area contributed by atoms with Crippen molar-refractivity contribution in [3.8, 4) is 0 Å². The van der Waals surface area contributed by atoms with Gasteiger partial charge < -0.3 is 30.6 Å². The summed E-state index contributed by atoms with van der Waals surface area (Å²) in [6.07, 6.45) is 2.67. The van der Waals surface area contributed by atoms with Gasteiger partial charge in [-0.2, -0.15) is 0 Å². The molecule has 2 aliphatic heterocycles. The van der Waals surface area contributed by atoms with E-state index in [1.807, 2.05) is 30.3 Å². The molecule has 4 N–H and O–H groups in total. The van der Waals surface area contributed by atoms with Crippen molar-refractivity contribution in [2.24, 2.45) is 0 Å². The maximum atomic E-state index is 13.7. The molecule has 0 aliphatic carbocycles. The van der Waals surface area contributed by atoms with Crippen LogP contribution in [-0.2, 0) is 11.2 Å². The van der Waals surface area contributed by atoms with Gasteiger partial charge in [0.1, 0.15) is 17.8 Å². The topological polar surface area (TPSA) is 80.9 Å². The summed E-state index contributed by atoms with van der Waals surface area (Å²) >= 11 is 0. The molecule has 1 amide bonds. The van der Waals surface area contributed by atoms with Gasteiger partial charge in [-0.15, -0.1) is 0 Å². The minimum Gasteiger partial charge on any atom is -0.381 e. The molecule has 0 bridgehead atoms. The van der Waals surface area contributed by atoms with Crippen molar-refractivity contribution >= 4 is 23.0 Å². The van der Waals surface area contributed by atoms with E-state index < -0.39 is 17.8 Å². The maximum absolute atomic E-state index is 13.7. The van der Waals surface area contributed by atoms with Gasteiger partial charge in [-0.05, 0) is 99.9 Å².